The first-order valence-electron chi connectivity index (χ1n) is 9.10. The van der Waals surface area contributed by atoms with Gasteiger partial charge in [-0.3, -0.25) is 9.78 Å². The predicted octanol–water partition coefficient (Wildman–Crippen LogP) is 5.29. The van der Waals surface area contributed by atoms with Gasteiger partial charge in [0, 0.05) is 31.8 Å². The molecule has 0 saturated heterocycles. The zero-order chi connectivity index (χ0) is 20.4. The Labute approximate surface area is 173 Å². The average Bonchev–Trinajstić information content (AvgIpc) is 2.98. The SMILES string of the molecule is CC(=O)Cc1cc(Oc2ccc3c(c2)nc(Nc2ccccc2Cl)n3C)ccn1. The van der Waals surface area contributed by atoms with Gasteiger partial charge in [0.25, 0.3) is 0 Å². The molecule has 1 N–H and O–H groups in total. The van der Waals surface area contributed by atoms with E-state index in [0.717, 1.165) is 16.7 Å². The van der Waals surface area contributed by atoms with E-state index < -0.39 is 0 Å². The first-order chi connectivity index (χ1) is 14.0. The van der Waals surface area contributed by atoms with Crippen LogP contribution in [0.5, 0.6) is 11.5 Å². The van der Waals surface area contributed by atoms with Crippen LogP contribution >= 0.6 is 11.6 Å². The number of hydrogen-bond acceptors (Lipinski definition) is 5. The maximum absolute atomic E-state index is 11.3. The number of nitrogens with zero attached hydrogens (tertiary/aromatic N) is 3. The summed E-state index contributed by atoms with van der Waals surface area (Å²) in [6, 6.07) is 16.8. The van der Waals surface area contributed by atoms with Crippen molar-refractivity contribution in [1.82, 2.24) is 14.5 Å². The number of para-hydroxylation sites is 1. The largest absolute Gasteiger partial charge is 0.457 e. The number of ketones is 1. The number of aromatic nitrogens is 3. The molecule has 2 aromatic heterocycles. The summed E-state index contributed by atoms with van der Waals surface area (Å²) in [6.45, 7) is 1.54. The molecule has 4 rings (SSSR count). The average molecular weight is 407 g/mol. The van der Waals surface area contributed by atoms with E-state index in [1.807, 2.05) is 54.1 Å². The van der Waals surface area contributed by atoms with Crippen molar-refractivity contribution in [1.29, 1.82) is 0 Å². The number of anilines is 2. The fourth-order valence-corrected chi connectivity index (χ4v) is 3.23. The second-order valence-corrected chi connectivity index (χ2v) is 7.12. The lowest BCUT2D eigenvalue weighted by molar-refractivity contribution is -0.116. The molecule has 0 unspecified atom stereocenters. The van der Waals surface area contributed by atoms with Crippen LogP contribution in [-0.2, 0) is 18.3 Å². The summed E-state index contributed by atoms with van der Waals surface area (Å²) in [5, 5.41) is 3.89. The molecule has 4 aromatic rings. The Morgan fingerprint density at radius 2 is 1.93 bits per heavy atom. The van der Waals surface area contributed by atoms with Gasteiger partial charge in [0.1, 0.15) is 17.3 Å². The molecule has 0 amide bonds. The number of imidazole rings is 1. The Hall–Kier alpha value is -3.38. The highest BCUT2D eigenvalue weighted by Gasteiger charge is 2.11. The molecular formula is C22H19ClN4O2. The summed E-state index contributed by atoms with van der Waals surface area (Å²) < 4.78 is 7.91. The molecule has 7 heteroatoms. The second kappa shape index (κ2) is 7.93. The minimum Gasteiger partial charge on any atom is -0.457 e. The molecule has 2 heterocycles. The highest BCUT2D eigenvalue weighted by Crippen LogP contribution is 2.29. The molecule has 6 nitrogen and oxygen atoms in total. The standard InChI is InChI=1S/C22H19ClN4O2/c1-14(28)11-15-12-17(9-10-24-15)29-16-7-8-21-20(13-16)26-22(27(21)2)25-19-6-4-3-5-18(19)23/h3-10,12-13H,11H2,1-2H3,(H,25,26). The van der Waals surface area contributed by atoms with Crippen molar-refractivity contribution in [3.8, 4) is 11.5 Å². The number of ether oxygens (including phenoxy) is 1. The van der Waals surface area contributed by atoms with Crippen molar-refractivity contribution in [3.63, 3.8) is 0 Å². The van der Waals surface area contributed by atoms with Crippen LogP contribution in [-0.4, -0.2) is 20.3 Å². The van der Waals surface area contributed by atoms with Crippen molar-refractivity contribution in [2.45, 2.75) is 13.3 Å². The third-order valence-corrected chi connectivity index (χ3v) is 4.76. The minimum absolute atomic E-state index is 0.0584. The van der Waals surface area contributed by atoms with E-state index >= 15 is 0 Å². The summed E-state index contributed by atoms with van der Waals surface area (Å²) in [5.41, 5.74) is 3.22. The fraction of sp³-hybridized carbons (Fsp3) is 0.136. The van der Waals surface area contributed by atoms with E-state index in [1.54, 1.807) is 25.3 Å². The van der Waals surface area contributed by atoms with Crippen molar-refractivity contribution < 1.29 is 9.53 Å². The topological polar surface area (TPSA) is 69.0 Å². The van der Waals surface area contributed by atoms with E-state index in [9.17, 15) is 4.79 Å². The molecule has 0 spiro atoms. The van der Waals surface area contributed by atoms with Gasteiger partial charge < -0.3 is 14.6 Å². The van der Waals surface area contributed by atoms with Crippen LogP contribution in [0.25, 0.3) is 11.0 Å². The third kappa shape index (κ3) is 4.22. The smallest absolute Gasteiger partial charge is 0.208 e. The summed E-state index contributed by atoms with van der Waals surface area (Å²) in [7, 11) is 1.94. The zero-order valence-electron chi connectivity index (χ0n) is 16.0. The van der Waals surface area contributed by atoms with Crippen molar-refractivity contribution >= 4 is 40.1 Å². The Morgan fingerprint density at radius 3 is 2.72 bits per heavy atom. The van der Waals surface area contributed by atoms with Crippen molar-refractivity contribution in [2.75, 3.05) is 5.32 Å². The molecule has 29 heavy (non-hydrogen) atoms. The third-order valence-electron chi connectivity index (χ3n) is 4.43. The van der Waals surface area contributed by atoms with Crippen LogP contribution in [0.15, 0.2) is 60.8 Å². The van der Waals surface area contributed by atoms with Crippen molar-refractivity contribution in [3.05, 3.63) is 71.5 Å². The van der Waals surface area contributed by atoms with Gasteiger partial charge in [-0.15, -0.1) is 0 Å². The number of benzene rings is 2. The molecule has 0 atom stereocenters. The van der Waals surface area contributed by atoms with Crippen LogP contribution < -0.4 is 10.1 Å². The van der Waals surface area contributed by atoms with Crippen molar-refractivity contribution in [2.24, 2.45) is 7.05 Å². The molecule has 0 aliphatic carbocycles. The summed E-state index contributed by atoms with van der Waals surface area (Å²) in [5.74, 6) is 2.02. The lowest BCUT2D eigenvalue weighted by atomic mass is 10.2. The number of hydrogen-bond donors (Lipinski definition) is 1. The highest BCUT2D eigenvalue weighted by atomic mass is 35.5. The number of Topliss-reactive ketones (excluding diaryl/α,β-unsaturated/α-hetero) is 1. The molecule has 0 bridgehead atoms. The number of pyridine rings is 1. The van der Waals surface area contributed by atoms with Gasteiger partial charge in [0.05, 0.1) is 27.4 Å². The summed E-state index contributed by atoms with van der Waals surface area (Å²) >= 11 is 6.24. The number of carbonyl (C=O) groups excluding carboxylic acids is 1. The Kier molecular flexibility index (Phi) is 5.18. The van der Waals surface area contributed by atoms with Gasteiger partial charge in [0.2, 0.25) is 5.95 Å². The minimum atomic E-state index is 0.0584. The Balaban J connectivity index is 1.60. The first kappa shape index (κ1) is 19.0. The maximum atomic E-state index is 11.3. The molecule has 0 saturated carbocycles. The van der Waals surface area contributed by atoms with Gasteiger partial charge in [-0.05, 0) is 37.3 Å². The van der Waals surface area contributed by atoms with E-state index in [-0.39, 0.29) is 12.2 Å². The maximum Gasteiger partial charge on any atom is 0.208 e. The zero-order valence-corrected chi connectivity index (χ0v) is 16.8. The van der Waals surface area contributed by atoms with Gasteiger partial charge in [-0.25, -0.2) is 4.98 Å². The Bertz CT molecular complexity index is 1200. The molecule has 0 aliphatic rings. The van der Waals surface area contributed by atoms with Gasteiger partial charge >= 0.3 is 0 Å². The number of fused-ring (bicyclic) bond motifs is 1. The number of aryl methyl sites for hydroxylation is 1. The Morgan fingerprint density at radius 1 is 1.14 bits per heavy atom. The number of rotatable bonds is 6. The second-order valence-electron chi connectivity index (χ2n) is 6.71. The van der Waals surface area contributed by atoms with Gasteiger partial charge in [-0.1, -0.05) is 23.7 Å². The fourth-order valence-electron chi connectivity index (χ4n) is 3.05. The lowest BCUT2D eigenvalue weighted by Crippen LogP contribution is -1.99. The predicted molar refractivity (Wildman–Crippen MR) is 114 cm³/mol. The monoisotopic (exact) mass is 406 g/mol. The van der Waals surface area contributed by atoms with Crippen LogP contribution in [0.3, 0.4) is 0 Å². The number of carbonyl (C=O) groups is 1. The van der Waals surface area contributed by atoms with E-state index in [2.05, 4.69) is 15.3 Å². The van der Waals surface area contributed by atoms with E-state index in [1.165, 1.54) is 0 Å². The molecule has 0 aliphatic heterocycles. The molecule has 2 aromatic carbocycles. The number of halogens is 1. The van der Waals surface area contributed by atoms with Gasteiger partial charge in [-0.2, -0.15) is 0 Å². The van der Waals surface area contributed by atoms with Crippen LogP contribution in [0, 0.1) is 0 Å². The molecular weight excluding hydrogens is 388 g/mol. The molecule has 146 valence electrons. The highest BCUT2D eigenvalue weighted by molar-refractivity contribution is 6.33. The normalized spacial score (nSPS) is 10.9. The summed E-state index contributed by atoms with van der Waals surface area (Å²) in [6.07, 6.45) is 1.92. The van der Waals surface area contributed by atoms with E-state index in [0.29, 0.717) is 28.2 Å². The lowest BCUT2D eigenvalue weighted by Gasteiger charge is -2.08. The van der Waals surface area contributed by atoms with Crippen LogP contribution in [0.4, 0.5) is 11.6 Å². The van der Waals surface area contributed by atoms with Gasteiger partial charge in [0.15, 0.2) is 0 Å². The quantitative estimate of drug-likeness (QED) is 0.471. The molecule has 0 fully saturated rings. The summed E-state index contributed by atoms with van der Waals surface area (Å²) in [4.78, 5) is 20.2. The van der Waals surface area contributed by atoms with Crippen LogP contribution in [0.2, 0.25) is 5.02 Å². The molecule has 0 radical (unpaired) electrons. The van der Waals surface area contributed by atoms with Crippen LogP contribution in [0.1, 0.15) is 12.6 Å². The van der Waals surface area contributed by atoms with E-state index in [4.69, 9.17) is 16.3 Å². The first-order valence-corrected chi connectivity index (χ1v) is 9.47. The number of nitrogens with one attached hydrogen (secondary N) is 1.